The number of rotatable bonds is 8. The maximum absolute atomic E-state index is 12.5. The van der Waals surface area contributed by atoms with Crippen LogP contribution in [0.3, 0.4) is 0 Å². The van der Waals surface area contributed by atoms with Gasteiger partial charge in [0, 0.05) is 15.6 Å². The van der Waals surface area contributed by atoms with E-state index in [0.29, 0.717) is 34.8 Å². The molecule has 1 amide bonds. The summed E-state index contributed by atoms with van der Waals surface area (Å²) in [4.78, 5) is 24.9. The Labute approximate surface area is 195 Å². The fourth-order valence-corrected chi connectivity index (χ4v) is 3.17. The van der Waals surface area contributed by atoms with Gasteiger partial charge in [-0.1, -0.05) is 40.5 Å². The van der Waals surface area contributed by atoms with Crippen LogP contribution in [0.4, 0.5) is 0 Å². The third-order valence-corrected chi connectivity index (χ3v) is 4.88. The minimum Gasteiger partial charge on any atom is -0.494 e. The van der Waals surface area contributed by atoms with Crippen LogP contribution in [0.5, 0.6) is 11.5 Å². The standard InChI is InChI=1S/C25H23BrN2O4/c1-3-13-31-22-10-7-18(8-11-22)24(29)28-27-16-20-15-21(26)9-12-23(20)32-25(30)19-6-4-5-17(2)14-19/h4-12,14-16H,3,13H2,1-2H3,(H,28,29)/b27-16+. The highest BCUT2D eigenvalue weighted by Crippen LogP contribution is 2.23. The zero-order valence-electron chi connectivity index (χ0n) is 17.8. The molecule has 0 bridgehead atoms. The zero-order valence-corrected chi connectivity index (χ0v) is 19.4. The van der Waals surface area contributed by atoms with E-state index in [1.807, 2.05) is 19.9 Å². The van der Waals surface area contributed by atoms with Crippen LogP contribution in [-0.4, -0.2) is 24.7 Å². The van der Waals surface area contributed by atoms with Crippen molar-refractivity contribution in [2.24, 2.45) is 5.10 Å². The van der Waals surface area contributed by atoms with Gasteiger partial charge in [0.15, 0.2) is 0 Å². The summed E-state index contributed by atoms with van der Waals surface area (Å²) in [6, 6.07) is 19.2. The lowest BCUT2D eigenvalue weighted by atomic mass is 10.1. The Balaban J connectivity index is 1.68. The summed E-state index contributed by atoms with van der Waals surface area (Å²) in [6.45, 7) is 4.56. The molecule has 0 saturated heterocycles. The van der Waals surface area contributed by atoms with Gasteiger partial charge in [-0.25, -0.2) is 10.2 Å². The van der Waals surface area contributed by atoms with E-state index in [2.05, 4.69) is 26.5 Å². The molecular weight excluding hydrogens is 472 g/mol. The molecule has 0 saturated carbocycles. The Hall–Kier alpha value is -3.45. The molecule has 0 fully saturated rings. The molecule has 0 unspecified atom stereocenters. The van der Waals surface area contributed by atoms with Gasteiger partial charge in [-0.05, 0) is 67.9 Å². The van der Waals surface area contributed by atoms with Crippen molar-refractivity contribution < 1.29 is 19.1 Å². The highest BCUT2D eigenvalue weighted by Gasteiger charge is 2.12. The lowest BCUT2D eigenvalue weighted by molar-refractivity contribution is 0.0734. The number of benzene rings is 3. The van der Waals surface area contributed by atoms with Gasteiger partial charge in [0.05, 0.1) is 18.4 Å². The van der Waals surface area contributed by atoms with Crippen molar-refractivity contribution >= 4 is 34.0 Å². The molecule has 3 rings (SSSR count). The summed E-state index contributed by atoms with van der Waals surface area (Å²) in [5.74, 6) is 0.202. The number of esters is 1. The summed E-state index contributed by atoms with van der Waals surface area (Å²) < 4.78 is 11.8. The zero-order chi connectivity index (χ0) is 22.9. The van der Waals surface area contributed by atoms with Crippen molar-refractivity contribution in [3.63, 3.8) is 0 Å². The molecule has 1 N–H and O–H groups in total. The quantitative estimate of drug-likeness (QED) is 0.193. The molecule has 0 aromatic heterocycles. The Morgan fingerprint density at radius 1 is 1.03 bits per heavy atom. The highest BCUT2D eigenvalue weighted by molar-refractivity contribution is 9.10. The molecule has 0 heterocycles. The third-order valence-electron chi connectivity index (χ3n) is 4.39. The summed E-state index contributed by atoms with van der Waals surface area (Å²) in [5.41, 5.74) is 4.88. The largest absolute Gasteiger partial charge is 0.494 e. The summed E-state index contributed by atoms with van der Waals surface area (Å²) in [7, 11) is 0. The van der Waals surface area contributed by atoms with E-state index in [4.69, 9.17) is 9.47 Å². The third kappa shape index (κ3) is 6.52. The Kier molecular flexibility index (Phi) is 8.16. The van der Waals surface area contributed by atoms with E-state index >= 15 is 0 Å². The molecule has 0 aliphatic heterocycles. The van der Waals surface area contributed by atoms with Crippen molar-refractivity contribution in [2.75, 3.05) is 6.61 Å². The first kappa shape index (κ1) is 23.2. The molecule has 0 aliphatic rings. The molecule has 0 spiro atoms. The molecule has 164 valence electrons. The van der Waals surface area contributed by atoms with Gasteiger partial charge in [-0.15, -0.1) is 0 Å². The summed E-state index contributed by atoms with van der Waals surface area (Å²) >= 11 is 3.40. The number of ether oxygens (including phenoxy) is 2. The van der Waals surface area contributed by atoms with E-state index in [1.54, 1.807) is 60.7 Å². The molecule has 0 radical (unpaired) electrons. The number of hydrazone groups is 1. The summed E-state index contributed by atoms with van der Waals surface area (Å²) in [6.07, 6.45) is 2.34. The average Bonchev–Trinajstić information content (AvgIpc) is 2.79. The van der Waals surface area contributed by atoms with Gasteiger partial charge in [0.1, 0.15) is 11.5 Å². The second-order valence-corrected chi connectivity index (χ2v) is 7.93. The predicted molar refractivity (Wildman–Crippen MR) is 128 cm³/mol. The van der Waals surface area contributed by atoms with Crippen LogP contribution in [0, 0.1) is 6.92 Å². The molecule has 32 heavy (non-hydrogen) atoms. The van der Waals surface area contributed by atoms with Crippen LogP contribution in [0.2, 0.25) is 0 Å². The molecule has 0 aliphatic carbocycles. The minimum absolute atomic E-state index is 0.329. The van der Waals surface area contributed by atoms with Gasteiger partial charge >= 0.3 is 5.97 Å². The molecule has 3 aromatic rings. The molecule has 7 heteroatoms. The smallest absolute Gasteiger partial charge is 0.343 e. The normalized spacial score (nSPS) is 10.7. The monoisotopic (exact) mass is 494 g/mol. The van der Waals surface area contributed by atoms with E-state index in [1.165, 1.54) is 6.21 Å². The summed E-state index contributed by atoms with van der Waals surface area (Å²) in [5, 5.41) is 4.02. The van der Waals surface area contributed by atoms with Crippen LogP contribution < -0.4 is 14.9 Å². The lowest BCUT2D eigenvalue weighted by Gasteiger charge is -2.08. The topological polar surface area (TPSA) is 77.0 Å². The minimum atomic E-state index is -0.472. The van der Waals surface area contributed by atoms with Crippen molar-refractivity contribution in [1.29, 1.82) is 0 Å². The number of nitrogens with one attached hydrogen (secondary N) is 1. The number of carbonyl (C=O) groups excluding carboxylic acids is 2. The van der Waals surface area contributed by atoms with Crippen molar-refractivity contribution in [3.05, 3.63) is 93.5 Å². The van der Waals surface area contributed by atoms with Crippen LogP contribution in [0.1, 0.15) is 45.2 Å². The van der Waals surface area contributed by atoms with E-state index in [0.717, 1.165) is 16.5 Å². The van der Waals surface area contributed by atoms with E-state index in [-0.39, 0.29) is 5.91 Å². The van der Waals surface area contributed by atoms with Crippen LogP contribution >= 0.6 is 15.9 Å². The van der Waals surface area contributed by atoms with Crippen LogP contribution in [0.15, 0.2) is 76.3 Å². The first-order chi connectivity index (χ1) is 15.5. The number of hydrogen-bond acceptors (Lipinski definition) is 5. The average molecular weight is 495 g/mol. The van der Waals surface area contributed by atoms with E-state index in [9.17, 15) is 9.59 Å². The first-order valence-electron chi connectivity index (χ1n) is 10.1. The Bertz CT molecular complexity index is 1130. The van der Waals surface area contributed by atoms with Gasteiger partial charge in [0.2, 0.25) is 0 Å². The number of nitrogens with zero attached hydrogens (tertiary/aromatic N) is 1. The second-order valence-electron chi connectivity index (χ2n) is 7.01. The van der Waals surface area contributed by atoms with Crippen LogP contribution in [0.25, 0.3) is 0 Å². The predicted octanol–water partition coefficient (Wildman–Crippen LogP) is 5.53. The molecule has 0 atom stereocenters. The SMILES string of the molecule is CCCOc1ccc(C(=O)N/N=C/c2cc(Br)ccc2OC(=O)c2cccc(C)c2)cc1. The van der Waals surface area contributed by atoms with E-state index < -0.39 is 5.97 Å². The maximum atomic E-state index is 12.5. The number of aryl methyl sites for hydroxylation is 1. The first-order valence-corrected chi connectivity index (χ1v) is 10.9. The number of halogens is 1. The Morgan fingerprint density at radius 2 is 1.81 bits per heavy atom. The van der Waals surface area contributed by atoms with Crippen molar-refractivity contribution in [1.82, 2.24) is 5.43 Å². The van der Waals surface area contributed by atoms with Gasteiger partial charge in [-0.3, -0.25) is 4.79 Å². The van der Waals surface area contributed by atoms with Crippen molar-refractivity contribution in [2.45, 2.75) is 20.3 Å². The number of carbonyl (C=O) groups is 2. The van der Waals surface area contributed by atoms with Gasteiger partial charge in [0.25, 0.3) is 5.91 Å². The Morgan fingerprint density at radius 3 is 2.53 bits per heavy atom. The lowest BCUT2D eigenvalue weighted by Crippen LogP contribution is -2.17. The fourth-order valence-electron chi connectivity index (χ4n) is 2.79. The maximum Gasteiger partial charge on any atom is 0.343 e. The van der Waals surface area contributed by atoms with Gasteiger partial charge < -0.3 is 9.47 Å². The number of hydrogen-bond donors (Lipinski definition) is 1. The fraction of sp³-hybridized carbons (Fsp3) is 0.160. The van der Waals surface area contributed by atoms with Crippen LogP contribution in [-0.2, 0) is 0 Å². The van der Waals surface area contributed by atoms with Gasteiger partial charge in [-0.2, -0.15) is 5.10 Å². The number of amides is 1. The van der Waals surface area contributed by atoms with Crippen molar-refractivity contribution in [3.8, 4) is 11.5 Å². The highest BCUT2D eigenvalue weighted by atomic mass is 79.9. The second kappa shape index (κ2) is 11.2. The molecule has 6 nitrogen and oxygen atoms in total. The molecule has 3 aromatic carbocycles. The molecular formula is C25H23BrN2O4.